The molecule has 0 saturated carbocycles. The summed E-state index contributed by atoms with van der Waals surface area (Å²) in [6.45, 7) is 5.87. The summed E-state index contributed by atoms with van der Waals surface area (Å²) in [6.07, 6.45) is 0.772. The van der Waals surface area contributed by atoms with Gasteiger partial charge in [-0.25, -0.2) is 8.42 Å². The normalized spacial score (nSPS) is 16.8. The van der Waals surface area contributed by atoms with E-state index >= 15 is 0 Å². The fourth-order valence-electron chi connectivity index (χ4n) is 2.79. The Kier molecular flexibility index (Phi) is 8.99. The van der Waals surface area contributed by atoms with Gasteiger partial charge in [0.05, 0.1) is 18.1 Å². The summed E-state index contributed by atoms with van der Waals surface area (Å²) in [7, 11) is -3.62. The molecule has 0 radical (unpaired) electrons. The van der Waals surface area contributed by atoms with Gasteiger partial charge in [-0.3, -0.25) is 4.79 Å². The first-order valence-corrected chi connectivity index (χ1v) is 9.97. The average Bonchev–Trinajstić information content (AvgIpc) is 2.61. The van der Waals surface area contributed by atoms with E-state index in [2.05, 4.69) is 19.2 Å². The van der Waals surface area contributed by atoms with Gasteiger partial charge in [-0.1, -0.05) is 19.9 Å². The number of amides is 1. The molecular formula is C17H28ClN3O4S. The molecule has 0 aromatic heterocycles. The van der Waals surface area contributed by atoms with Gasteiger partial charge in [0.25, 0.3) is 5.91 Å². The molecule has 0 aliphatic carbocycles. The predicted molar refractivity (Wildman–Crippen MR) is 103 cm³/mol. The molecule has 1 aliphatic rings. The predicted octanol–water partition coefficient (Wildman–Crippen LogP) is 1.23. The Morgan fingerprint density at radius 2 is 1.96 bits per heavy atom. The molecule has 1 unspecified atom stereocenters. The van der Waals surface area contributed by atoms with Crippen LogP contribution in [0.3, 0.4) is 0 Å². The van der Waals surface area contributed by atoms with Crippen LogP contribution in [-0.4, -0.2) is 57.5 Å². The second-order valence-electron chi connectivity index (χ2n) is 6.58. The van der Waals surface area contributed by atoms with E-state index in [0.29, 0.717) is 44.3 Å². The first-order valence-electron chi connectivity index (χ1n) is 8.53. The molecule has 148 valence electrons. The summed E-state index contributed by atoms with van der Waals surface area (Å²) in [6, 6.07) is 5.99. The number of nitrogens with two attached hydrogens (primary N) is 1. The molecule has 3 N–H and O–H groups in total. The van der Waals surface area contributed by atoms with E-state index in [1.165, 1.54) is 16.4 Å². The van der Waals surface area contributed by atoms with Crippen molar-refractivity contribution in [3.63, 3.8) is 0 Å². The van der Waals surface area contributed by atoms with Crippen LogP contribution in [-0.2, 0) is 14.8 Å². The van der Waals surface area contributed by atoms with Crippen molar-refractivity contribution in [3.8, 4) is 0 Å². The molecule has 1 fully saturated rings. The Balaban J connectivity index is 0.00000338. The molecule has 1 atom stereocenters. The van der Waals surface area contributed by atoms with Crippen molar-refractivity contribution in [1.82, 2.24) is 9.62 Å². The zero-order valence-corrected chi connectivity index (χ0v) is 16.8. The van der Waals surface area contributed by atoms with Crippen molar-refractivity contribution in [2.24, 2.45) is 11.7 Å². The molecule has 26 heavy (non-hydrogen) atoms. The summed E-state index contributed by atoms with van der Waals surface area (Å²) in [4.78, 5) is 12.6. The summed E-state index contributed by atoms with van der Waals surface area (Å²) in [5, 5.41) is 2.88. The number of hydrogen-bond acceptors (Lipinski definition) is 5. The molecular weight excluding hydrogens is 378 g/mol. The Labute approximate surface area is 161 Å². The average molecular weight is 406 g/mol. The third kappa shape index (κ3) is 5.92. The fraction of sp³-hybridized carbons (Fsp3) is 0.588. The van der Waals surface area contributed by atoms with Crippen molar-refractivity contribution >= 4 is 28.3 Å². The fourth-order valence-corrected chi connectivity index (χ4v) is 4.24. The van der Waals surface area contributed by atoms with Crippen molar-refractivity contribution in [1.29, 1.82) is 0 Å². The summed E-state index contributed by atoms with van der Waals surface area (Å²) < 4.78 is 32.0. The van der Waals surface area contributed by atoms with Gasteiger partial charge in [0.2, 0.25) is 10.0 Å². The highest BCUT2D eigenvalue weighted by atomic mass is 35.5. The molecule has 0 spiro atoms. The smallest absolute Gasteiger partial charge is 0.251 e. The zero-order valence-electron chi connectivity index (χ0n) is 15.2. The lowest BCUT2D eigenvalue weighted by atomic mass is 10.0. The lowest BCUT2D eigenvalue weighted by Crippen LogP contribution is -2.41. The Morgan fingerprint density at radius 3 is 2.54 bits per heavy atom. The van der Waals surface area contributed by atoms with Gasteiger partial charge in [0, 0.05) is 31.2 Å². The molecule has 1 aromatic carbocycles. The van der Waals surface area contributed by atoms with Gasteiger partial charge in [0.15, 0.2) is 0 Å². The highest BCUT2D eigenvalue weighted by molar-refractivity contribution is 7.89. The van der Waals surface area contributed by atoms with Gasteiger partial charge >= 0.3 is 0 Å². The SMILES string of the molecule is CC(C)CC(CN)NC(=O)c1cccc(S(=O)(=O)N2CCOCC2)c1.Cl. The van der Waals surface area contributed by atoms with E-state index in [4.69, 9.17) is 10.5 Å². The number of benzene rings is 1. The van der Waals surface area contributed by atoms with Gasteiger partial charge in [-0.15, -0.1) is 12.4 Å². The van der Waals surface area contributed by atoms with E-state index in [-0.39, 0.29) is 29.3 Å². The third-order valence-electron chi connectivity index (χ3n) is 4.08. The minimum atomic E-state index is -3.62. The lowest BCUT2D eigenvalue weighted by Gasteiger charge is -2.26. The van der Waals surface area contributed by atoms with Crippen LogP contribution in [0.5, 0.6) is 0 Å². The van der Waals surface area contributed by atoms with Crippen LogP contribution in [0.2, 0.25) is 0 Å². The number of morpholine rings is 1. The molecule has 1 aliphatic heterocycles. The first kappa shape index (κ1) is 22.9. The first-order chi connectivity index (χ1) is 11.8. The number of carbonyl (C=O) groups excluding carboxylic acids is 1. The number of sulfonamides is 1. The van der Waals surface area contributed by atoms with E-state index in [0.717, 1.165) is 6.42 Å². The zero-order chi connectivity index (χ0) is 18.4. The van der Waals surface area contributed by atoms with Crippen LogP contribution in [0, 0.1) is 5.92 Å². The Bertz CT molecular complexity index is 691. The second-order valence-corrected chi connectivity index (χ2v) is 8.52. The van der Waals surface area contributed by atoms with Crippen LogP contribution in [0.1, 0.15) is 30.6 Å². The number of hydrogen-bond donors (Lipinski definition) is 2. The highest BCUT2D eigenvalue weighted by Gasteiger charge is 2.27. The number of ether oxygens (including phenoxy) is 1. The van der Waals surface area contributed by atoms with E-state index in [9.17, 15) is 13.2 Å². The quantitative estimate of drug-likeness (QED) is 0.710. The number of rotatable bonds is 7. The standard InChI is InChI=1S/C17H27N3O4S.ClH/c1-13(2)10-15(12-18)19-17(21)14-4-3-5-16(11-14)25(22,23)20-6-8-24-9-7-20;/h3-5,11,13,15H,6-10,12,18H2,1-2H3,(H,19,21);1H. The largest absolute Gasteiger partial charge is 0.379 e. The van der Waals surface area contributed by atoms with Crippen molar-refractivity contribution in [2.75, 3.05) is 32.8 Å². The van der Waals surface area contributed by atoms with E-state index in [1.54, 1.807) is 12.1 Å². The minimum Gasteiger partial charge on any atom is -0.379 e. The van der Waals surface area contributed by atoms with Crippen molar-refractivity contribution in [2.45, 2.75) is 31.2 Å². The molecule has 1 amide bonds. The number of nitrogens with one attached hydrogen (secondary N) is 1. The van der Waals surface area contributed by atoms with Gasteiger partial charge in [-0.2, -0.15) is 4.31 Å². The molecule has 1 aromatic rings. The maximum Gasteiger partial charge on any atom is 0.251 e. The highest BCUT2D eigenvalue weighted by Crippen LogP contribution is 2.18. The summed E-state index contributed by atoms with van der Waals surface area (Å²) >= 11 is 0. The molecule has 2 rings (SSSR count). The van der Waals surface area contributed by atoms with Crippen molar-refractivity contribution in [3.05, 3.63) is 29.8 Å². The number of halogens is 1. The third-order valence-corrected chi connectivity index (χ3v) is 5.97. The molecule has 1 heterocycles. The van der Waals surface area contributed by atoms with Crippen LogP contribution in [0.25, 0.3) is 0 Å². The summed E-state index contributed by atoms with van der Waals surface area (Å²) in [5.74, 6) is 0.0945. The maximum atomic E-state index is 12.7. The topological polar surface area (TPSA) is 102 Å². The molecule has 7 nitrogen and oxygen atoms in total. The van der Waals surface area contributed by atoms with Gasteiger partial charge < -0.3 is 15.8 Å². The van der Waals surface area contributed by atoms with Gasteiger partial charge in [0.1, 0.15) is 0 Å². The maximum absolute atomic E-state index is 12.7. The van der Waals surface area contributed by atoms with Crippen molar-refractivity contribution < 1.29 is 17.9 Å². The Hall–Kier alpha value is -1.19. The number of nitrogens with zero attached hydrogens (tertiary/aromatic N) is 1. The molecule has 9 heteroatoms. The number of carbonyl (C=O) groups is 1. The molecule has 1 saturated heterocycles. The van der Waals surface area contributed by atoms with Gasteiger partial charge in [-0.05, 0) is 30.5 Å². The van der Waals surface area contributed by atoms with Crippen LogP contribution < -0.4 is 11.1 Å². The summed E-state index contributed by atoms with van der Waals surface area (Å²) in [5.41, 5.74) is 6.03. The molecule has 0 bridgehead atoms. The van der Waals surface area contributed by atoms with Crippen LogP contribution >= 0.6 is 12.4 Å². The monoisotopic (exact) mass is 405 g/mol. The Morgan fingerprint density at radius 1 is 1.31 bits per heavy atom. The second kappa shape index (κ2) is 10.2. The minimum absolute atomic E-state index is 0. The van der Waals surface area contributed by atoms with E-state index < -0.39 is 10.0 Å². The van der Waals surface area contributed by atoms with E-state index in [1.807, 2.05) is 0 Å². The lowest BCUT2D eigenvalue weighted by molar-refractivity contribution is 0.0730. The van der Waals surface area contributed by atoms with Crippen LogP contribution in [0.4, 0.5) is 0 Å². The van der Waals surface area contributed by atoms with Crippen LogP contribution in [0.15, 0.2) is 29.2 Å².